The minimum Gasteiger partial charge on any atom is -0.387 e. The normalized spacial score (nSPS) is 12.2. The molecule has 0 aliphatic rings. The zero-order valence-electron chi connectivity index (χ0n) is 16.2. The summed E-state index contributed by atoms with van der Waals surface area (Å²) in [4.78, 5) is 12.6. The van der Waals surface area contributed by atoms with Crippen LogP contribution in [-0.4, -0.2) is 33.0 Å². The molecule has 156 valence electrons. The Hall–Kier alpha value is -2.87. The lowest BCUT2D eigenvalue weighted by molar-refractivity contribution is 0.0913. The number of nitrogens with zero attached hydrogens (tertiary/aromatic N) is 1. The quantitative estimate of drug-likeness (QED) is 0.582. The van der Waals surface area contributed by atoms with E-state index in [9.17, 15) is 18.3 Å². The minimum atomic E-state index is -3.97. The number of nitrogens with one attached hydrogen (secondary N) is 1. The van der Waals surface area contributed by atoms with Gasteiger partial charge in [0.1, 0.15) is 4.90 Å². The summed E-state index contributed by atoms with van der Waals surface area (Å²) in [6, 6.07) is 21.2. The molecule has 0 aromatic heterocycles. The topological polar surface area (TPSA) is 86.7 Å². The number of amides is 1. The van der Waals surface area contributed by atoms with Crippen LogP contribution in [-0.2, 0) is 10.0 Å². The van der Waals surface area contributed by atoms with Gasteiger partial charge in [-0.25, -0.2) is 8.42 Å². The number of anilines is 1. The van der Waals surface area contributed by atoms with Crippen molar-refractivity contribution in [3.05, 3.63) is 95.0 Å². The minimum absolute atomic E-state index is 0.00332. The molecule has 0 spiro atoms. The lowest BCUT2D eigenvalue weighted by atomic mass is 10.1. The third kappa shape index (κ3) is 4.81. The molecule has 3 aromatic carbocycles. The van der Waals surface area contributed by atoms with Crippen molar-refractivity contribution in [1.82, 2.24) is 5.32 Å². The maximum absolute atomic E-state index is 13.1. The van der Waals surface area contributed by atoms with Crippen molar-refractivity contribution in [3.8, 4) is 0 Å². The number of benzene rings is 3. The first-order valence-corrected chi connectivity index (χ1v) is 11.0. The molecule has 1 atom stereocenters. The lowest BCUT2D eigenvalue weighted by Crippen LogP contribution is -2.32. The Kier molecular flexibility index (Phi) is 6.77. The van der Waals surface area contributed by atoms with Gasteiger partial charge in [-0.1, -0.05) is 54.1 Å². The lowest BCUT2D eigenvalue weighted by Gasteiger charge is -2.21. The molecule has 3 rings (SSSR count). The highest BCUT2D eigenvalue weighted by molar-refractivity contribution is 7.92. The van der Waals surface area contributed by atoms with Crippen LogP contribution in [0.4, 0.5) is 5.69 Å². The van der Waals surface area contributed by atoms with E-state index in [-0.39, 0.29) is 17.0 Å². The molecule has 0 aliphatic heterocycles. The van der Waals surface area contributed by atoms with Gasteiger partial charge in [-0.3, -0.25) is 9.10 Å². The highest BCUT2D eigenvalue weighted by Crippen LogP contribution is 2.24. The zero-order chi connectivity index (χ0) is 21.7. The Bertz CT molecular complexity index is 1120. The van der Waals surface area contributed by atoms with Crippen LogP contribution in [0, 0.1) is 0 Å². The molecule has 0 fully saturated rings. The second kappa shape index (κ2) is 9.30. The number of sulfonamides is 1. The van der Waals surface area contributed by atoms with Crippen LogP contribution >= 0.6 is 11.6 Å². The van der Waals surface area contributed by atoms with Crippen molar-refractivity contribution in [2.75, 3.05) is 17.9 Å². The van der Waals surface area contributed by atoms with E-state index >= 15 is 0 Å². The number of rotatable bonds is 7. The van der Waals surface area contributed by atoms with Gasteiger partial charge in [-0.15, -0.1) is 0 Å². The van der Waals surface area contributed by atoms with Crippen LogP contribution in [0.1, 0.15) is 22.0 Å². The van der Waals surface area contributed by atoms with Gasteiger partial charge in [0.05, 0.1) is 17.4 Å². The summed E-state index contributed by atoms with van der Waals surface area (Å²) >= 11 is 5.84. The SMILES string of the molecule is CN(c1ccccc1)S(=O)(=O)c1ccccc1C(=O)NCC(O)c1ccc(Cl)cc1. The third-order valence-corrected chi connectivity index (χ3v) is 6.70. The smallest absolute Gasteiger partial charge is 0.264 e. The second-order valence-corrected chi connectivity index (χ2v) is 8.96. The summed E-state index contributed by atoms with van der Waals surface area (Å²) in [6.07, 6.45) is -0.957. The van der Waals surface area contributed by atoms with Crippen LogP contribution in [0.5, 0.6) is 0 Å². The van der Waals surface area contributed by atoms with Gasteiger partial charge in [0.25, 0.3) is 15.9 Å². The molecule has 1 unspecified atom stereocenters. The Morgan fingerprint density at radius 1 is 1.00 bits per heavy atom. The fourth-order valence-electron chi connectivity index (χ4n) is 2.89. The van der Waals surface area contributed by atoms with Crippen molar-refractivity contribution in [2.45, 2.75) is 11.0 Å². The zero-order valence-corrected chi connectivity index (χ0v) is 17.8. The van der Waals surface area contributed by atoms with E-state index in [4.69, 9.17) is 11.6 Å². The van der Waals surface area contributed by atoms with Gasteiger partial charge in [-0.05, 0) is 42.0 Å². The standard InChI is InChI=1S/C22H21ClN2O4S/c1-25(18-7-3-2-4-8-18)30(28,29)21-10-6-5-9-19(21)22(27)24-15-20(26)16-11-13-17(23)14-12-16/h2-14,20,26H,15H2,1H3,(H,24,27). The van der Waals surface area contributed by atoms with Gasteiger partial charge >= 0.3 is 0 Å². The van der Waals surface area contributed by atoms with E-state index in [0.29, 0.717) is 16.3 Å². The highest BCUT2D eigenvalue weighted by Gasteiger charge is 2.27. The molecule has 0 aliphatic carbocycles. The predicted octanol–water partition coefficient (Wildman–Crippen LogP) is 3.63. The van der Waals surface area contributed by atoms with Gasteiger partial charge in [0.2, 0.25) is 0 Å². The first-order chi connectivity index (χ1) is 14.3. The molecule has 30 heavy (non-hydrogen) atoms. The molecule has 0 radical (unpaired) electrons. The average molecular weight is 445 g/mol. The molecule has 8 heteroatoms. The molecule has 6 nitrogen and oxygen atoms in total. The molecule has 3 aromatic rings. The van der Waals surface area contributed by atoms with Gasteiger partial charge < -0.3 is 10.4 Å². The first-order valence-electron chi connectivity index (χ1n) is 9.15. The summed E-state index contributed by atoms with van der Waals surface area (Å²) in [5.74, 6) is -0.594. The van der Waals surface area contributed by atoms with Crippen molar-refractivity contribution in [3.63, 3.8) is 0 Å². The van der Waals surface area contributed by atoms with Gasteiger partial charge in [0.15, 0.2) is 0 Å². The maximum atomic E-state index is 13.1. The fraction of sp³-hybridized carbons (Fsp3) is 0.136. The van der Waals surface area contributed by atoms with E-state index in [0.717, 1.165) is 4.31 Å². The van der Waals surface area contributed by atoms with Crippen molar-refractivity contribution >= 4 is 33.2 Å². The van der Waals surface area contributed by atoms with Crippen LogP contribution in [0.2, 0.25) is 5.02 Å². The fourth-order valence-corrected chi connectivity index (χ4v) is 4.40. The van der Waals surface area contributed by atoms with Crippen LogP contribution in [0.15, 0.2) is 83.8 Å². The average Bonchev–Trinajstić information content (AvgIpc) is 2.77. The second-order valence-electron chi connectivity index (χ2n) is 6.58. The number of hydrogen-bond acceptors (Lipinski definition) is 4. The molecule has 0 saturated carbocycles. The molecule has 2 N–H and O–H groups in total. The van der Waals surface area contributed by atoms with Crippen LogP contribution in [0.25, 0.3) is 0 Å². The Balaban J connectivity index is 1.80. The Morgan fingerprint density at radius 3 is 2.27 bits per heavy atom. The Morgan fingerprint density at radius 2 is 1.60 bits per heavy atom. The summed E-state index contributed by atoms with van der Waals surface area (Å²) in [5.41, 5.74) is 1.07. The van der Waals surface area contributed by atoms with Gasteiger partial charge in [-0.2, -0.15) is 0 Å². The van der Waals surface area contributed by atoms with Crippen LogP contribution < -0.4 is 9.62 Å². The van der Waals surface area contributed by atoms with E-state index in [1.54, 1.807) is 66.7 Å². The highest BCUT2D eigenvalue weighted by atomic mass is 35.5. The largest absolute Gasteiger partial charge is 0.387 e. The third-order valence-electron chi connectivity index (χ3n) is 4.60. The monoisotopic (exact) mass is 444 g/mol. The summed E-state index contributed by atoms with van der Waals surface area (Å²) in [7, 11) is -2.53. The summed E-state index contributed by atoms with van der Waals surface area (Å²) < 4.78 is 27.4. The number of carbonyl (C=O) groups is 1. The number of carbonyl (C=O) groups excluding carboxylic acids is 1. The first kappa shape index (κ1) is 21.8. The Labute approximate surface area is 180 Å². The van der Waals surface area contributed by atoms with E-state index < -0.39 is 22.0 Å². The van der Waals surface area contributed by atoms with E-state index in [1.165, 1.54) is 19.2 Å². The molecule has 0 saturated heterocycles. The van der Waals surface area contributed by atoms with Crippen molar-refractivity contribution < 1.29 is 18.3 Å². The van der Waals surface area contributed by atoms with Crippen molar-refractivity contribution in [1.29, 1.82) is 0 Å². The molecule has 0 bridgehead atoms. The van der Waals surface area contributed by atoms with E-state index in [2.05, 4.69) is 5.32 Å². The number of aliphatic hydroxyl groups excluding tert-OH is 1. The number of aliphatic hydroxyl groups is 1. The van der Waals surface area contributed by atoms with Crippen molar-refractivity contribution in [2.24, 2.45) is 0 Å². The summed E-state index contributed by atoms with van der Waals surface area (Å²) in [6.45, 7) is -0.0800. The van der Waals surface area contributed by atoms with E-state index in [1.807, 2.05) is 0 Å². The number of para-hydroxylation sites is 1. The predicted molar refractivity (Wildman–Crippen MR) is 117 cm³/mol. The molecule has 1 amide bonds. The molecular formula is C22H21ClN2O4S. The maximum Gasteiger partial charge on any atom is 0.264 e. The molecule has 0 heterocycles. The number of hydrogen-bond donors (Lipinski definition) is 2. The van der Waals surface area contributed by atoms with Gasteiger partial charge in [0, 0.05) is 18.6 Å². The van der Waals surface area contributed by atoms with Crippen LogP contribution in [0.3, 0.4) is 0 Å². The summed E-state index contributed by atoms with van der Waals surface area (Å²) in [5, 5.41) is 13.4. The molecular weight excluding hydrogens is 424 g/mol. The number of halogens is 1.